The molecule has 1 saturated heterocycles. The van der Waals surface area contributed by atoms with Gasteiger partial charge in [-0.3, -0.25) is 0 Å². The molecule has 0 spiro atoms. The van der Waals surface area contributed by atoms with Crippen LogP contribution in [0.4, 0.5) is 19.0 Å². The molecule has 7 nitrogen and oxygen atoms in total. The first-order valence-corrected chi connectivity index (χ1v) is 9.92. The third-order valence-corrected chi connectivity index (χ3v) is 5.13. The Hall–Kier alpha value is -3.69. The topological polar surface area (TPSA) is 88.4 Å². The second-order valence-corrected chi connectivity index (χ2v) is 7.27. The summed E-state index contributed by atoms with van der Waals surface area (Å²) in [7, 11) is 0. The van der Waals surface area contributed by atoms with E-state index in [1.54, 1.807) is 18.3 Å². The molecule has 0 radical (unpaired) electrons. The number of hydrogen-bond acceptors (Lipinski definition) is 6. The lowest BCUT2D eigenvalue weighted by Gasteiger charge is -2.33. The number of aromatic carboxylic acids is 1. The maximum Gasteiger partial charge on any atom is 0.419 e. The minimum atomic E-state index is -4.46. The number of carbonyl (C=O) groups is 1. The van der Waals surface area contributed by atoms with Gasteiger partial charge in [0.05, 0.1) is 5.56 Å². The van der Waals surface area contributed by atoms with Crippen LogP contribution in [-0.4, -0.2) is 45.2 Å². The Morgan fingerprint density at radius 1 is 1.06 bits per heavy atom. The molecule has 1 aliphatic heterocycles. The highest BCUT2D eigenvalue weighted by atomic mass is 19.4. The van der Waals surface area contributed by atoms with Crippen molar-refractivity contribution in [1.82, 2.24) is 15.0 Å². The van der Waals surface area contributed by atoms with E-state index in [1.807, 2.05) is 4.90 Å². The summed E-state index contributed by atoms with van der Waals surface area (Å²) >= 11 is 0. The van der Waals surface area contributed by atoms with E-state index in [4.69, 9.17) is 9.84 Å². The SMILES string of the molecule is O=C(O)c1ccnc(-c2ccc(N3CCC(Oc4ccccc4C(F)(F)F)CC3)nc2)n1. The molecular formula is C22H19F3N4O3. The second kappa shape index (κ2) is 8.81. The number of hydrogen-bond donors (Lipinski definition) is 1. The Morgan fingerprint density at radius 3 is 2.47 bits per heavy atom. The van der Waals surface area contributed by atoms with Gasteiger partial charge in [0.1, 0.15) is 17.7 Å². The molecule has 0 bridgehead atoms. The monoisotopic (exact) mass is 444 g/mol. The number of pyridine rings is 1. The van der Waals surface area contributed by atoms with Crippen molar-refractivity contribution >= 4 is 11.8 Å². The number of halogens is 3. The Bertz CT molecular complexity index is 1100. The largest absolute Gasteiger partial charge is 0.490 e. The molecule has 1 aliphatic rings. The number of nitrogens with zero attached hydrogens (tertiary/aromatic N) is 4. The summed E-state index contributed by atoms with van der Waals surface area (Å²) < 4.78 is 45.2. The van der Waals surface area contributed by atoms with Crippen molar-refractivity contribution in [1.29, 1.82) is 0 Å². The van der Waals surface area contributed by atoms with Crippen LogP contribution in [0.15, 0.2) is 54.9 Å². The number of para-hydroxylation sites is 1. The first kappa shape index (κ1) is 21.5. The number of carboxylic acids is 1. The van der Waals surface area contributed by atoms with E-state index >= 15 is 0 Å². The van der Waals surface area contributed by atoms with Crippen molar-refractivity contribution in [2.45, 2.75) is 25.1 Å². The lowest BCUT2D eigenvalue weighted by atomic mass is 10.1. The molecule has 0 unspecified atom stereocenters. The van der Waals surface area contributed by atoms with Gasteiger partial charge in [-0.1, -0.05) is 12.1 Å². The van der Waals surface area contributed by atoms with E-state index in [-0.39, 0.29) is 23.4 Å². The van der Waals surface area contributed by atoms with Crippen LogP contribution < -0.4 is 9.64 Å². The fourth-order valence-electron chi connectivity index (χ4n) is 3.51. The number of aromatic nitrogens is 3. The Kier molecular flexibility index (Phi) is 5.93. The minimum Gasteiger partial charge on any atom is -0.490 e. The zero-order valence-corrected chi connectivity index (χ0v) is 16.8. The molecule has 10 heteroatoms. The van der Waals surface area contributed by atoms with Crippen molar-refractivity contribution in [2.24, 2.45) is 0 Å². The van der Waals surface area contributed by atoms with Crippen LogP contribution in [0.1, 0.15) is 28.9 Å². The fourth-order valence-corrected chi connectivity index (χ4v) is 3.51. The van der Waals surface area contributed by atoms with Crippen molar-refractivity contribution in [2.75, 3.05) is 18.0 Å². The van der Waals surface area contributed by atoms with Crippen LogP contribution in [0, 0.1) is 0 Å². The van der Waals surface area contributed by atoms with Gasteiger partial charge in [0, 0.05) is 43.9 Å². The first-order chi connectivity index (χ1) is 15.3. The Morgan fingerprint density at radius 2 is 1.81 bits per heavy atom. The highest BCUT2D eigenvalue weighted by Gasteiger charge is 2.35. The van der Waals surface area contributed by atoms with E-state index in [1.165, 1.54) is 30.5 Å². The lowest BCUT2D eigenvalue weighted by molar-refractivity contribution is -0.139. The molecule has 0 saturated carbocycles. The molecule has 0 aliphatic carbocycles. The molecule has 3 heterocycles. The number of alkyl halides is 3. The van der Waals surface area contributed by atoms with Gasteiger partial charge in [-0.05, 0) is 30.3 Å². The minimum absolute atomic E-state index is 0.103. The smallest absolute Gasteiger partial charge is 0.419 e. The van der Waals surface area contributed by atoms with Gasteiger partial charge in [-0.25, -0.2) is 19.7 Å². The predicted octanol–water partition coefficient (Wildman–Crippen LogP) is 4.30. The average Bonchev–Trinajstić information content (AvgIpc) is 2.79. The summed E-state index contributed by atoms with van der Waals surface area (Å²) in [6, 6.07) is 10.1. The number of piperidine rings is 1. The van der Waals surface area contributed by atoms with Crippen molar-refractivity contribution in [3.63, 3.8) is 0 Å². The standard InChI is InChI=1S/C22H19F3N4O3/c23-22(24,25)16-3-1-2-4-18(16)32-15-8-11-29(12-9-15)19-6-5-14(13-27-19)20-26-10-7-17(28-20)21(30)31/h1-7,10,13,15H,8-9,11-12H2,(H,30,31). The normalized spacial score (nSPS) is 14.9. The number of rotatable bonds is 5. The average molecular weight is 444 g/mol. The third kappa shape index (κ3) is 4.79. The number of benzene rings is 1. The molecule has 0 amide bonds. The van der Waals surface area contributed by atoms with Gasteiger partial charge in [0.2, 0.25) is 0 Å². The molecule has 2 aromatic heterocycles. The van der Waals surface area contributed by atoms with Crippen LogP contribution in [0.5, 0.6) is 5.75 Å². The van der Waals surface area contributed by atoms with Crippen LogP contribution in [0.3, 0.4) is 0 Å². The van der Waals surface area contributed by atoms with E-state index in [9.17, 15) is 18.0 Å². The third-order valence-electron chi connectivity index (χ3n) is 5.13. The zero-order valence-electron chi connectivity index (χ0n) is 16.8. The van der Waals surface area contributed by atoms with Crippen LogP contribution in [-0.2, 0) is 6.18 Å². The Labute approximate surface area is 181 Å². The zero-order chi connectivity index (χ0) is 22.7. The molecule has 1 aromatic carbocycles. The highest BCUT2D eigenvalue weighted by Crippen LogP contribution is 2.37. The van der Waals surface area contributed by atoms with E-state index in [2.05, 4.69) is 15.0 Å². The van der Waals surface area contributed by atoms with Crippen LogP contribution in [0.25, 0.3) is 11.4 Å². The van der Waals surface area contributed by atoms with E-state index in [0.717, 1.165) is 6.07 Å². The van der Waals surface area contributed by atoms with Gasteiger partial charge < -0.3 is 14.7 Å². The lowest BCUT2D eigenvalue weighted by Crippen LogP contribution is -2.38. The molecule has 166 valence electrons. The molecule has 0 atom stereocenters. The summed E-state index contributed by atoms with van der Waals surface area (Å²) in [5.74, 6) is -0.317. The summed E-state index contributed by atoms with van der Waals surface area (Å²) in [6.07, 6.45) is -0.726. The van der Waals surface area contributed by atoms with Gasteiger partial charge >= 0.3 is 12.1 Å². The molecule has 1 N–H and O–H groups in total. The molecule has 4 rings (SSSR count). The Balaban J connectivity index is 1.39. The summed E-state index contributed by atoms with van der Waals surface area (Å²) in [6.45, 7) is 1.16. The molecular weight excluding hydrogens is 425 g/mol. The van der Waals surface area contributed by atoms with E-state index in [0.29, 0.717) is 37.3 Å². The van der Waals surface area contributed by atoms with Crippen molar-refractivity contribution in [3.05, 3.63) is 66.1 Å². The van der Waals surface area contributed by atoms with E-state index < -0.39 is 17.7 Å². The van der Waals surface area contributed by atoms with Crippen molar-refractivity contribution in [3.8, 4) is 17.1 Å². The molecule has 32 heavy (non-hydrogen) atoms. The van der Waals surface area contributed by atoms with Crippen LogP contribution in [0.2, 0.25) is 0 Å². The van der Waals surface area contributed by atoms with Crippen molar-refractivity contribution < 1.29 is 27.8 Å². The van der Waals surface area contributed by atoms with Gasteiger partial charge in [0.15, 0.2) is 11.5 Å². The van der Waals surface area contributed by atoms with Gasteiger partial charge in [0.25, 0.3) is 0 Å². The first-order valence-electron chi connectivity index (χ1n) is 9.92. The number of ether oxygens (including phenoxy) is 1. The maximum atomic E-state index is 13.2. The molecule has 1 fully saturated rings. The summed E-state index contributed by atoms with van der Waals surface area (Å²) in [5, 5.41) is 9.06. The summed E-state index contributed by atoms with van der Waals surface area (Å²) in [4.78, 5) is 25.6. The number of carboxylic acid groups (broad SMARTS) is 1. The van der Waals surface area contributed by atoms with Crippen LogP contribution >= 0.6 is 0 Å². The maximum absolute atomic E-state index is 13.2. The fraction of sp³-hybridized carbons (Fsp3) is 0.273. The summed E-state index contributed by atoms with van der Waals surface area (Å²) in [5.41, 5.74) is -0.291. The number of anilines is 1. The van der Waals surface area contributed by atoms with Gasteiger partial charge in [-0.2, -0.15) is 13.2 Å². The second-order valence-electron chi connectivity index (χ2n) is 7.27. The predicted molar refractivity (Wildman–Crippen MR) is 110 cm³/mol. The quantitative estimate of drug-likeness (QED) is 0.628. The van der Waals surface area contributed by atoms with Gasteiger partial charge in [-0.15, -0.1) is 0 Å². The molecule has 3 aromatic rings. The highest BCUT2D eigenvalue weighted by molar-refractivity contribution is 5.85.